The molecule has 4 aromatic rings. The van der Waals surface area contributed by atoms with Crippen molar-refractivity contribution in [2.24, 2.45) is 0 Å². The Bertz CT molecular complexity index is 1280. The molecule has 10 heteroatoms. The van der Waals surface area contributed by atoms with Crippen LogP contribution in [-0.2, 0) is 4.79 Å². The summed E-state index contributed by atoms with van der Waals surface area (Å²) in [6.45, 7) is 6.16. The van der Waals surface area contributed by atoms with Gasteiger partial charge in [-0.3, -0.25) is 9.89 Å². The fourth-order valence-electron chi connectivity index (χ4n) is 3.41. The van der Waals surface area contributed by atoms with Gasteiger partial charge in [-0.1, -0.05) is 43.8 Å². The normalized spacial score (nSPS) is 11.2. The fourth-order valence-corrected chi connectivity index (χ4v) is 4.07. The molecule has 0 bridgehead atoms. The van der Waals surface area contributed by atoms with Gasteiger partial charge in [-0.15, -0.1) is 10.2 Å². The number of H-pyrrole nitrogens is 1. The number of aromatic nitrogens is 5. The molecule has 0 saturated heterocycles. The number of amides is 1. The molecule has 2 aromatic heterocycles. The van der Waals surface area contributed by atoms with E-state index in [2.05, 4.69) is 39.6 Å². The molecule has 0 fully saturated rings. The smallest absolute Gasteiger partial charge is 0.234 e. The number of nitrogens with one attached hydrogen (secondary N) is 2. The van der Waals surface area contributed by atoms with Gasteiger partial charge in [0.05, 0.1) is 11.4 Å². The first-order chi connectivity index (χ1) is 15.8. The lowest BCUT2D eigenvalue weighted by Crippen LogP contribution is -2.18. The van der Waals surface area contributed by atoms with Crippen LogP contribution in [0.2, 0.25) is 0 Å². The fraction of sp³-hybridized carbons (Fsp3) is 0.217. The van der Waals surface area contributed by atoms with Crippen molar-refractivity contribution >= 4 is 23.4 Å². The Kier molecular flexibility index (Phi) is 6.45. The van der Waals surface area contributed by atoms with Gasteiger partial charge < -0.3 is 11.2 Å². The molecule has 2 aromatic carbocycles. The van der Waals surface area contributed by atoms with Crippen LogP contribution in [0.25, 0.3) is 22.8 Å². The minimum atomic E-state index is -0.315. The number of hydrogen-bond donors (Lipinski definition) is 3. The average molecular weight is 466 g/mol. The minimum absolute atomic E-state index is 0.130. The summed E-state index contributed by atoms with van der Waals surface area (Å²) in [5.41, 5.74) is 4.89. The van der Waals surface area contributed by atoms with E-state index in [1.165, 1.54) is 28.6 Å². The van der Waals surface area contributed by atoms with Crippen LogP contribution in [0.1, 0.15) is 30.9 Å². The topological polar surface area (TPSA) is 115 Å². The van der Waals surface area contributed by atoms with Crippen LogP contribution in [-0.4, -0.2) is 36.7 Å². The van der Waals surface area contributed by atoms with Crippen LogP contribution < -0.4 is 11.2 Å². The molecule has 0 aliphatic carbocycles. The van der Waals surface area contributed by atoms with E-state index in [-0.39, 0.29) is 23.4 Å². The highest BCUT2D eigenvalue weighted by Gasteiger charge is 2.17. The van der Waals surface area contributed by atoms with E-state index in [4.69, 9.17) is 5.84 Å². The maximum atomic E-state index is 13.2. The largest absolute Gasteiger partial charge is 0.335 e. The minimum Gasteiger partial charge on any atom is -0.335 e. The zero-order chi connectivity index (χ0) is 23.5. The van der Waals surface area contributed by atoms with Crippen LogP contribution in [0, 0.1) is 12.7 Å². The van der Waals surface area contributed by atoms with Crippen molar-refractivity contribution in [1.82, 2.24) is 25.1 Å². The van der Waals surface area contributed by atoms with E-state index in [1.54, 1.807) is 18.2 Å². The van der Waals surface area contributed by atoms with Crippen molar-refractivity contribution in [1.29, 1.82) is 0 Å². The molecule has 8 nitrogen and oxygen atoms in total. The number of anilines is 1. The van der Waals surface area contributed by atoms with Gasteiger partial charge >= 0.3 is 0 Å². The Hall–Kier alpha value is -3.66. The van der Waals surface area contributed by atoms with E-state index in [0.29, 0.717) is 22.4 Å². The molecule has 0 spiro atoms. The van der Waals surface area contributed by atoms with Gasteiger partial charge in [0.25, 0.3) is 0 Å². The number of aromatic amines is 1. The van der Waals surface area contributed by atoms with Crippen LogP contribution in [0.15, 0.2) is 53.7 Å². The highest BCUT2D eigenvalue weighted by atomic mass is 32.2. The van der Waals surface area contributed by atoms with Gasteiger partial charge in [0.1, 0.15) is 11.5 Å². The Labute approximate surface area is 194 Å². The lowest BCUT2D eigenvalue weighted by molar-refractivity contribution is -0.113. The van der Waals surface area contributed by atoms with Crippen LogP contribution >= 0.6 is 11.8 Å². The molecule has 4 N–H and O–H groups in total. The molecule has 2 heterocycles. The third kappa shape index (κ3) is 4.90. The summed E-state index contributed by atoms with van der Waals surface area (Å²) >= 11 is 1.19. The number of nitrogens with two attached hydrogens (primary N) is 1. The zero-order valence-corrected chi connectivity index (χ0v) is 19.3. The van der Waals surface area contributed by atoms with Gasteiger partial charge in [0.15, 0.2) is 0 Å². The number of carbonyl (C=O) groups excluding carboxylic acids is 1. The number of para-hydroxylation sites is 1. The predicted molar refractivity (Wildman–Crippen MR) is 128 cm³/mol. The van der Waals surface area contributed by atoms with Crippen LogP contribution in [0.3, 0.4) is 0 Å². The maximum Gasteiger partial charge on any atom is 0.234 e. The van der Waals surface area contributed by atoms with Gasteiger partial charge in [-0.25, -0.2) is 9.07 Å². The Balaban J connectivity index is 1.44. The first-order valence-electron chi connectivity index (χ1n) is 10.4. The second kappa shape index (κ2) is 9.45. The standard InChI is InChI=1S/C23H24FN7OS/c1-13(2)17-6-4-5-14(3)21(17)26-20(32)12-33-23-30-29-22(31(23)25)19-11-18(27-28-19)15-7-9-16(24)10-8-15/h4-11,13H,12,25H2,1-3H3,(H,26,32)(H,27,28). The number of halogens is 1. The van der Waals surface area contributed by atoms with Crippen LogP contribution in [0.4, 0.5) is 10.1 Å². The molecule has 0 aliphatic heterocycles. The van der Waals surface area contributed by atoms with E-state index in [1.807, 2.05) is 25.1 Å². The van der Waals surface area contributed by atoms with Crippen molar-refractivity contribution in [3.63, 3.8) is 0 Å². The van der Waals surface area contributed by atoms with E-state index in [9.17, 15) is 9.18 Å². The highest BCUT2D eigenvalue weighted by molar-refractivity contribution is 7.99. The number of hydrogen-bond acceptors (Lipinski definition) is 6. The maximum absolute atomic E-state index is 13.2. The summed E-state index contributed by atoms with van der Waals surface area (Å²) in [7, 11) is 0. The zero-order valence-electron chi connectivity index (χ0n) is 18.5. The number of carbonyl (C=O) groups is 1. The first kappa shape index (κ1) is 22.5. The van der Waals surface area contributed by atoms with Gasteiger partial charge in [0.2, 0.25) is 16.9 Å². The van der Waals surface area contributed by atoms with Crippen molar-refractivity contribution in [2.75, 3.05) is 16.9 Å². The lowest BCUT2D eigenvalue weighted by atomic mass is 9.98. The Morgan fingerprint density at radius 3 is 2.70 bits per heavy atom. The number of nitrogen functional groups attached to an aromatic ring is 1. The Morgan fingerprint density at radius 1 is 1.21 bits per heavy atom. The van der Waals surface area contributed by atoms with Crippen molar-refractivity contribution in [3.8, 4) is 22.8 Å². The molecule has 170 valence electrons. The molecule has 0 aliphatic rings. The van der Waals surface area contributed by atoms with Gasteiger partial charge in [-0.05, 0) is 54.3 Å². The molecular weight excluding hydrogens is 441 g/mol. The van der Waals surface area contributed by atoms with Crippen LogP contribution in [0.5, 0.6) is 0 Å². The summed E-state index contributed by atoms with van der Waals surface area (Å²) in [6.07, 6.45) is 0. The molecule has 0 unspecified atom stereocenters. The molecule has 0 radical (unpaired) electrons. The summed E-state index contributed by atoms with van der Waals surface area (Å²) in [4.78, 5) is 12.6. The first-order valence-corrected chi connectivity index (χ1v) is 11.4. The number of rotatable bonds is 7. The predicted octanol–water partition coefficient (Wildman–Crippen LogP) is 4.35. The summed E-state index contributed by atoms with van der Waals surface area (Å²) in [5, 5.41) is 18.7. The molecule has 4 rings (SSSR count). The van der Waals surface area contributed by atoms with Gasteiger partial charge in [0, 0.05) is 11.3 Å². The second-order valence-corrected chi connectivity index (χ2v) is 8.82. The Morgan fingerprint density at radius 2 is 1.97 bits per heavy atom. The number of benzene rings is 2. The number of aryl methyl sites for hydroxylation is 1. The van der Waals surface area contributed by atoms with E-state index < -0.39 is 0 Å². The third-order valence-corrected chi connectivity index (χ3v) is 6.09. The van der Waals surface area contributed by atoms with E-state index in [0.717, 1.165) is 22.4 Å². The quantitative estimate of drug-likeness (QED) is 0.276. The molecule has 0 saturated carbocycles. The average Bonchev–Trinajstić information content (AvgIpc) is 3.41. The van der Waals surface area contributed by atoms with Gasteiger partial charge in [-0.2, -0.15) is 5.10 Å². The third-order valence-electron chi connectivity index (χ3n) is 5.15. The molecular formula is C23H24FN7OS. The van der Waals surface area contributed by atoms with Crippen molar-refractivity contribution < 1.29 is 9.18 Å². The summed E-state index contributed by atoms with van der Waals surface area (Å²) < 4.78 is 14.5. The van der Waals surface area contributed by atoms with Crippen molar-refractivity contribution in [3.05, 3.63) is 65.5 Å². The molecule has 1 amide bonds. The molecule has 0 atom stereocenters. The highest BCUT2D eigenvalue weighted by Crippen LogP contribution is 2.28. The monoisotopic (exact) mass is 465 g/mol. The molecule has 33 heavy (non-hydrogen) atoms. The summed E-state index contributed by atoms with van der Waals surface area (Å²) in [5.74, 6) is 6.50. The SMILES string of the molecule is Cc1cccc(C(C)C)c1NC(=O)CSc1nnc(-c2cc(-c3ccc(F)cc3)n[nH]2)n1N. The van der Waals surface area contributed by atoms with Crippen molar-refractivity contribution in [2.45, 2.75) is 31.8 Å². The van der Waals surface area contributed by atoms with E-state index >= 15 is 0 Å². The summed E-state index contributed by atoms with van der Waals surface area (Å²) in [6, 6.07) is 13.8. The lowest BCUT2D eigenvalue weighted by Gasteiger charge is -2.16. The second-order valence-electron chi connectivity index (χ2n) is 7.88. The number of thioether (sulfide) groups is 1. The number of nitrogens with zero attached hydrogens (tertiary/aromatic N) is 4.